The maximum Gasteiger partial charge on any atom is 0.325 e. The molecule has 0 radical (unpaired) electrons. The van der Waals surface area contributed by atoms with Crippen LogP contribution in [-0.4, -0.2) is 19.7 Å². The Morgan fingerprint density at radius 1 is 1.06 bits per heavy atom. The number of allylic oxidation sites excluding steroid dienone is 2. The van der Waals surface area contributed by atoms with Crippen molar-refractivity contribution >= 4 is 16.5 Å². The summed E-state index contributed by atoms with van der Waals surface area (Å²) >= 11 is 0. The summed E-state index contributed by atoms with van der Waals surface area (Å²) < 4.78 is 1.89. The molecular formula is C25H24N4O2. The molecule has 31 heavy (non-hydrogen) atoms. The molecule has 0 saturated carbocycles. The molecule has 1 atom stereocenters. The number of hydrogen-bond donors (Lipinski definition) is 2. The van der Waals surface area contributed by atoms with Crippen molar-refractivity contribution in [1.82, 2.24) is 19.7 Å². The zero-order valence-electron chi connectivity index (χ0n) is 17.4. The van der Waals surface area contributed by atoms with Crippen LogP contribution >= 0.6 is 0 Å². The van der Waals surface area contributed by atoms with Gasteiger partial charge in [-0.3, -0.25) is 14.5 Å². The molecule has 0 amide bonds. The molecule has 0 bridgehead atoms. The van der Waals surface area contributed by atoms with Crippen molar-refractivity contribution in [1.29, 1.82) is 0 Å². The molecule has 4 aromatic rings. The van der Waals surface area contributed by atoms with Crippen LogP contribution in [0.15, 0.2) is 70.4 Å². The second-order valence-corrected chi connectivity index (χ2v) is 8.17. The van der Waals surface area contributed by atoms with E-state index in [1.54, 1.807) is 0 Å². The number of rotatable bonds is 4. The molecule has 0 fully saturated rings. The summed E-state index contributed by atoms with van der Waals surface area (Å²) in [5, 5.41) is 5.55. The highest BCUT2D eigenvalue weighted by Crippen LogP contribution is 2.38. The number of hydrogen-bond acceptors (Lipinski definition) is 3. The molecule has 0 saturated heterocycles. The highest BCUT2D eigenvalue weighted by molar-refractivity contribution is 5.91. The number of nitrogens with zero attached hydrogens (tertiary/aromatic N) is 2. The Morgan fingerprint density at radius 3 is 2.68 bits per heavy atom. The van der Waals surface area contributed by atoms with E-state index in [0.717, 1.165) is 41.4 Å². The van der Waals surface area contributed by atoms with E-state index >= 15 is 0 Å². The molecule has 0 aliphatic heterocycles. The first-order chi connectivity index (χ1) is 15.1. The third kappa shape index (κ3) is 3.65. The highest BCUT2D eigenvalue weighted by Gasteiger charge is 2.23. The van der Waals surface area contributed by atoms with Gasteiger partial charge in [0.25, 0.3) is 5.56 Å². The number of benzene rings is 2. The van der Waals surface area contributed by atoms with Crippen molar-refractivity contribution in [2.75, 3.05) is 0 Å². The van der Waals surface area contributed by atoms with Gasteiger partial charge in [-0.15, -0.1) is 0 Å². The second-order valence-electron chi connectivity index (χ2n) is 8.17. The Hall–Kier alpha value is -3.67. The fourth-order valence-electron chi connectivity index (χ4n) is 4.65. The number of nitrogens with one attached hydrogen (secondary N) is 2. The first-order valence-electron chi connectivity index (χ1n) is 10.6. The summed E-state index contributed by atoms with van der Waals surface area (Å²) in [7, 11) is 1.95. The van der Waals surface area contributed by atoms with Crippen molar-refractivity contribution in [3.8, 4) is 0 Å². The van der Waals surface area contributed by atoms with Crippen molar-refractivity contribution in [2.45, 2.75) is 31.6 Å². The summed E-state index contributed by atoms with van der Waals surface area (Å²) in [6.07, 6.45) is 7.23. The van der Waals surface area contributed by atoms with Crippen molar-refractivity contribution in [3.63, 3.8) is 0 Å². The lowest BCUT2D eigenvalue weighted by Gasteiger charge is -2.24. The molecule has 156 valence electrons. The van der Waals surface area contributed by atoms with Gasteiger partial charge in [-0.25, -0.2) is 4.79 Å². The minimum atomic E-state index is -0.438. The van der Waals surface area contributed by atoms with Crippen LogP contribution in [-0.2, 0) is 13.5 Å². The van der Waals surface area contributed by atoms with Crippen LogP contribution in [0.3, 0.4) is 0 Å². The van der Waals surface area contributed by atoms with Crippen LogP contribution in [0.4, 0.5) is 0 Å². The lowest BCUT2D eigenvalue weighted by molar-refractivity contribution is 0.596. The Kier molecular flexibility index (Phi) is 4.90. The van der Waals surface area contributed by atoms with Gasteiger partial charge in [0, 0.05) is 36.0 Å². The van der Waals surface area contributed by atoms with Gasteiger partial charge in [-0.05, 0) is 42.0 Å². The predicted molar refractivity (Wildman–Crippen MR) is 122 cm³/mol. The Bertz CT molecular complexity index is 1390. The van der Waals surface area contributed by atoms with Crippen LogP contribution in [0.25, 0.3) is 16.5 Å². The summed E-state index contributed by atoms with van der Waals surface area (Å²) in [6.45, 7) is 0. The number of aromatic amines is 2. The fraction of sp³-hybridized carbons (Fsp3) is 0.240. The van der Waals surface area contributed by atoms with Gasteiger partial charge in [-0.1, -0.05) is 48.5 Å². The molecule has 2 aromatic heterocycles. The average Bonchev–Trinajstić information content (AvgIpc) is 3.17. The normalized spacial score (nSPS) is 16.4. The monoisotopic (exact) mass is 412 g/mol. The Morgan fingerprint density at radius 2 is 1.90 bits per heavy atom. The van der Waals surface area contributed by atoms with E-state index in [4.69, 9.17) is 0 Å². The third-order valence-corrected chi connectivity index (χ3v) is 6.26. The smallest absolute Gasteiger partial charge is 0.311 e. The van der Waals surface area contributed by atoms with Crippen LogP contribution in [0.5, 0.6) is 0 Å². The number of aryl methyl sites for hydroxylation is 1. The van der Waals surface area contributed by atoms with Gasteiger partial charge in [-0.2, -0.15) is 5.10 Å². The predicted octanol–water partition coefficient (Wildman–Crippen LogP) is 3.89. The lowest BCUT2D eigenvalue weighted by Crippen LogP contribution is -2.30. The second kappa shape index (κ2) is 7.87. The summed E-state index contributed by atoms with van der Waals surface area (Å²) in [5.41, 5.74) is 5.37. The third-order valence-electron chi connectivity index (χ3n) is 6.26. The SMILES string of the molecule is Cn1ncc2c(C3=CCC(c4[nH]c(=O)[nH]c(=O)c4Cc4ccccc4)CC3)cccc21. The minimum absolute atomic E-state index is 0.116. The van der Waals surface area contributed by atoms with Gasteiger partial charge in [0.05, 0.1) is 11.7 Å². The number of aromatic nitrogens is 4. The van der Waals surface area contributed by atoms with Gasteiger partial charge < -0.3 is 4.98 Å². The van der Waals surface area contributed by atoms with E-state index in [1.807, 2.05) is 48.3 Å². The van der Waals surface area contributed by atoms with Gasteiger partial charge >= 0.3 is 5.69 Å². The van der Waals surface area contributed by atoms with Crippen LogP contribution in [0.2, 0.25) is 0 Å². The van der Waals surface area contributed by atoms with E-state index in [0.29, 0.717) is 12.0 Å². The average molecular weight is 412 g/mol. The van der Waals surface area contributed by atoms with Crippen molar-refractivity contribution in [2.24, 2.45) is 7.05 Å². The van der Waals surface area contributed by atoms with Crippen LogP contribution in [0.1, 0.15) is 47.6 Å². The van der Waals surface area contributed by atoms with Gasteiger partial charge in [0.2, 0.25) is 0 Å². The zero-order chi connectivity index (χ0) is 21.4. The Balaban J connectivity index is 1.48. The summed E-state index contributed by atoms with van der Waals surface area (Å²) in [4.78, 5) is 30.0. The molecule has 0 spiro atoms. The molecule has 6 heteroatoms. The molecule has 5 rings (SSSR count). The Labute approximate surface area is 179 Å². The highest BCUT2D eigenvalue weighted by atomic mass is 16.2. The maximum atomic E-state index is 12.6. The zero-order valence-corrected chi connectivity index (χ0v) is 17.4. The van der Waals surface area contributed by atoms with E-state index in [9.17, 15) is 9.59 Å². The van der Waals surface area contributed by atoms with E-state index < -0.39 is 5.69 Å². The number of fused-ring (bicyclic) bond motifs is 1. The largest absolute Gasteiger partial charge is 0.325 e. The standard InChI is InChI=1S/C25H24N4O2/c1-29-22-9-5-8-19(21(22)15-26-29)17-10-12-18(13-11-17)23-20(24(30)28-25(31)27-23)14-16-6-3-2-4-7-16/h2-10,15,18H,11-14H2,1H3,(H2,27,28,30,31). The number of H-pyrrole nitrogens is 2. The quantitative estimate of drug-likeness (QED) is 0.533. The molecule has 1 aliphatic rings. The molecule has 2 N–H and O–H groups in total. The van der Waals surface area contributed by atoms with Crippen molar-refractivity contribution < 1.29 is 0 Å². The molecule has 6 nitrogen and oxygen atoms in total. The molecule has 1 unspecified atom stereocenters. The van der Waals surface area contributed by atoms with E-state index in [2.05, 4.69) is 39.3 Å². The van der Waals surface area contributed by atoms with Gasteiger partial charge in [0.1, 0.15) is 0 Å². The van der Waals surface area contributed by atoms with E-state index in [-0.39, 0.29) is 11.5 Å². The van der Waals surface area contributed by atoms with E-state index in [1.165, 1.54) is 11.1 Å². The summed E-state index contributed by atoms with van der Waals surface area (Å²) in [5.74, 6) is 0.116. The van der Waals surface area contributed by atoms with Gasteiger partial charge in [0.15, 0.2) is 0 Å². The van der Waals surface area contributed by atoms with Crippen LogP contribution in [0, 0.1) is 0 Å². The summed E-state index contributed by atoms with van der Waals surface area (Å²) in [6, 6.07) is 16.2. The lowest BCUT2D eigenvalue weighted by atomic mass is 9.82. The fourth-order valence-corrected chi connectivity index (χ4v) is 4.65. The topological polar surface area (TPSA) is 83.5 Å². The molecule has 1 aliphatic carbocycles. The van der Waals surface area contributed by atoms with Crippen molar-refractivity contribution in [3.05, 3.63) is 104 Å². The molecule has 2 heterocycles. The first kappa shape index (κ1) is 19.3. The maximum absolute atomic E-state index is 12.6. The molecular weight excluding hydrogens is 388 g/mol. The van der Waals surface area contributed by atoms with Crippen LogP contribution < -0.4 is 11.2 Å². The first-order valence-corrected chi connectivity index (χ1v) is 10.6. The molecule has 2 aromatic carbocycles. The minimum Gasteiger partial charge on any atom is -0.311 e.